The van der Waals surface area contributed by atoms with E-state index in [4.69, 9.17) is 10.5 Å². The summed E-state index contributed by atoms with van der Waals surface area (Å²) in [6.45, 7) is 5.92. The first-order valence-corrected chi connectivity index (χ1v) is 11.6. The second kappa shape index (κ2) is 13.2. The van der Waals surface area contributed by atoms with E-state index in [1.807, 2.05) is 37.3 Å². The Bertz CT molecular complexity index is 1060. The average molecular weight is 493 g/mol. The monoisotopic (exact) mass is 492 g/mol. The van der Waals surface area contributed by atoms with Crippen LogP contribution in [-0.2, 0) is 14.3 Å². The van der Waals surface area contributed by atoms with Crippen molar-refractivity contribution < 1.29 is 23.9 Å². The molecule has 1 atom stereocenters. The van der Waals surface area contributed by atoms with Crippen LogP contribution in [0.25, 0.3) is 0 Å². The maximum Gasteiger partial charge on any atom is 0.362 e. The topological polar surface area (TPSA) is 159 Å². The van der Waals surface area contributed by atoms with Crippen LogP contribution in [0.2, 0.25) is 0 Å². The van der Waals surface area contributed by atoms with Crippen LogP contribution in [-0.4, -0.2) is 50.2 Å². The van der Waals surface area contributed by atoms with Crippen molar-refractivity contribution in [3.63, 3.8) is 0 Å². The van der Waals surface area contributed by atoms with Crippen molar-refractivity contribution in [3.8, 4) is 0 Å². The molecule has 1 aromatic carbocycles. The van der Waals surface area contributed by atoms with E-state index >= 15 is 0 Å². The van der Waals surface area contributed by atoms with Crippen LogP contribution in [0, 0.1) is 0 Å². The van der Waals surface area contributed by atoms with Gasteiger partial charge in [-0.25, -0.2) is 9.59 Å². The molecule has 11 nitrogen and oxygen atoms in total. The van der Waals surface area contributed by atoms with Crippen molar-refractivity contribution in [2.75, 3.05) is 24.3 Å². The number of hydrogen-bond donors (Lipinski definition) is 2. The number of carbonyl (C=O) groups excluding carboxylic acids is 3. The molecule has 0 saturated heterocycles. The summed E-state index contributed by atoms with van der Waals surface area (Å²) < 4.78 is 16.7. The van der Waals surface area contributed by atoms with E-state index in [2.05, 4.69) is 29.2 Å². The molecule has 0 aliphatic heterocycles. The fourth-order valence-electron chi connectivity index (χ4n) is 2.60. The van der Waals surface area contributed by atoms with Gasteiger partial charge in [-0.15, -0.1) is 10.2 Å². The van der Waals surface area contributed by atoms with Crippen LogP contribution in [0.15, 0.2) is 30.3 Å². The minimum absolute atomic E-state index is 0.0446. The third-order valence-corrected chi connectivity index (χ3v) is 5.30. The number of hydrogen-bond acceptors (Lipinski definition) is 12. The lowest BCUT2D eigenvalue weighted by Gasteiger charge is -2.14. The van der Waals surface area contributed by atoms with Gasteiger partial charge in [0.25, 0.3) is 0 Å². The Kier molecular flexibility index (Phi) is 10.3. The number of amides is 1. The smallest absolute Gasteiger partial charge is 0.362 e. The molecule has 3 N–H and O–H groups in total. The lowest BCUT2D eigenvalue weighted by molar-refractivity contribution is -0.117. The first kappa shape index (κ1) is 25.8. The minimum atomic E-state index is -0.584. The number of aromatic nitrogens is 4. The van der Waals surface area contributed by atoms with Crippen molar-refractivity contribution in [2.24, 2.45) is 0 Å². The van der Waals surface area contributed by atoms with Crippen LogP contribution >= 0.6 is 23.1 Å². The van der Waals surface area contributed by atoms with Gasteiger partial charge in [-0.05, 0) is 25.8 Å². The quantitative estimate of drug-likeness (QED) is 0.447. The van der Waals surface area contributed by atoms with Crippen molar-refractivity contribution in [3.05, 3.63) is 47.3 Å². The lowest BCUT2D eigenvalue weighted by atomic mass is 9.96. The summed E-state index contributed by atoms with van der Waals surface area (Å²) in [5.74, 6) is -1.58. The first-order valence-electron chi connectivity index (χ1n) is 10.0. The molecule has 33 heavy (non-hydrogen) atoms. The number of nitrogens with zero attached hydrogens (tertiary/aromatic N) is 4. The summed E-state index contributed by atoms with van der Waals surface area (Å²) in [6, 6.07) is 9.50. The number of nitrogen functional groups attached to an aromatic ring is 1. The summed E-state index contributed by atoms with van der Waals surface area (Å²) in [4.78, 5) is 35.1. The minimum Gasteiger partial charge on any atom is -0.461 e. The number of nitrogens with one attached hydrogen (secondary N) is 1. The predicted molar refractivity (Wildman–Crippen MR) is 124 cm³/mol. The van der Waals surface area contributed by atoms with Gasteiger partial charge in [0.05, 0.1) is 19.1 Å². The Morgan fingerprint density at radius 3 is 2.06 bits per heavy atom. The zero-order chi connectivity index (χ0) is 24.2. The van der Waals surface area contributed by atoms with Gasteiger partial charge >= 0.3 is 11.9 Å². The lowest BCUT2D eigenvalue weighted by Crippen LogP contribution is -2.21. The summed E-state index contributed by atoms with van der Waals surface area (Å²) >= 11 is 1.94. The summed E-state index contributed by atoms with van der Waals surface area (Å²) in [7, 11) is 0. The Morgan fingerprint density at radius 2 is 1.52 bits per heavy atom. The Hall–Kier alpha value is -3.45. The van der Waals surface area contributed by atoms with Gasteiger partial charge in [0.1, 0.15) is 5.00 Å². The molecular weight excluding hydrogens is 468 g/mol. The van der Waals surface area contributed by atoms with Gasteiger partial charge in [-0.1, -0.05) is 46.2 Å². The number of carbonyl (C=O) groups is 3. The van der Waals surface area contributed by atoms with Crippen molar-refractivity contribution in [1.82, 2.24) is 19.2 Å². The van der Waals surface area contributed by atoms with Gasteiger partial charge in [0.15, 0.2) is 5.00 Å². The second-order valence-corrected chi connectivity index (χ2v) is 7.78. The van der Waals surface area contributed by atoms with E-state index in [0.29, 0.717) is 23.0 Å². The fourth-order valence-corrected chi connectivity index (χ4v) is 3.58. The molecule has 0 aliphatic rings. The van der Waals surface area contributed by atoms with E-state index in [9.17, 15) is 14.4 Å². The Labute approximate surface area is 198 Å². The summed E-state index contributed by atoms with van der Waals surface area (Å²) in [6.07, 6.45) is 0.650. The number of anilines is 2. The molecule has 176 valence electrons. The van der Waals surface area contributed by atoms with Gasteiger partial charge in [-0.2, -0.15) is 0 Å². The average Bonchev–Trinajstić information content (AvgIpc) is 3.45. The van der Waals surface area contributed by atoms with Crippen LogP contribution in [0.3, 0.4) is 0 Å². The molecule has 0 saturated carbocycles. The van der Waals surface area contributed by atoms with E-state index in [1.165, 1.54) is 0 Å². The van der Waals surface area contributed by atoms with Gasteiger partial charge in [0, 0.05) is 23.1 Å². The number of esters is 2. The molecule has 0 aliphatic carbocycles. The highest BCUT2D eigenvalue weighted by atomic mass is 32.1. The highest BCUT2D eigenvalue weighted by Crippen LogP contribution is 2.24. The standard InChI is InChI=1S/C15H17N3O3S.C5H7N3O2S/c1-3-11(10-8-6-5-7-9-10)13(19)16-14-12(17-18-22-14)15(20)21-4-2;1-2-10-5(9)3-4(6)11-8-7-3/h5-9,11H,3-4H2,1-2H3,(H,16,19);2,6H2,1H3. The maximum atomic E-state index is 12.5. The van der Waals surface area contributed by atoms with Crippen molar-refractivity contribution in [2.45, 2.75) is 33.1 Å². The van der Waals surface area contributed by atoms with E-state index < -0.39 is 11.9 Å². The molecule has 0 fully saturated rings. The van der Waals surface area contributed by atoms with E-state index in [0.717, 1.165) is 28.6 Å². The molecule has 3 aromatic rings. The van der Waals surface area contributed by atoms with E-state index in [-0.39, 0.29) is 29.8 Å². The largest absolute Gasteiger partial charge is 0.461 e. The van der Waals surface area contributed by atoms with Crippen LogP contribution < -0.4 is 11.1 Å². The van der Waals surface area contributed by atoms with Crippen molar-refractivity contribution >= 4 is 50.9 Å². The number of benzene rings is 1. The molecule has 0 spiro atoms. The van der Waals surface area contributed by atoms with Crippen molar-refractivity contribution in [1.29, 1.82) is 0 Å². The molecule has 0 radical (unpaired) electrons. The van der Waals surface area contributed by atoms with Gasteiger partial charge in [-0.3, -0.25) is 4.79 Å². The summed E-state index contributed by atoms with van der Waals surface area (Å²) in [5, 5.41) is 10.6. The Balaban J connectivity index is 0.000000294. The van der Waals surface area contributed by atoms with Gasteiger partial charge in [0.2, 0.25) is 17.3 Å². The molecule has 2 heterocycles. The molecular formula is C20H24N6O5S2. The van der Waals surface area contributed by atoms with Crippen LogP contribution in [0.1, 0.15) is 59.7 Å². The van der Waals surface area contributed by atoms with Gasteiger partial charge < -0.3 is 20.5 Å². The van der Waals surface area contributed by atoms with Crippen LogP contribution in [0.4, 0.5) is 10.0 Å². The maximum absolute atomic E-state index is 12.5. The molecule has 1 unspecified atom stereocenters. The number of rotatable bonds is 8. The summed E-state index contributed by atoms with van der Waals surface area (Å²) in [5.41, 5.74) is 6.45. The molecule has 0 bridgehead atoms. The Morgan fingerprint density at radius 1 is 0.939 bits per heavy atom. The van der Waals surface area contributed by atoms with Crippen LogP contribution in [0.5, 0.6) is 0 Å². The third kappa shape index (κ3) is 7.29. The zero-order valence-electron chi connectivity index (χ0n) is 18.3. The number of nitrogens with two attached hydrogens (primary N) is 1. The molecule has 2 aromatic heterocycles. The highest BCUT2D eigenvalue weighted by Gasteiger charge is 2.24. The third-order valence-electron chi connectivity index (χ3n) is 4.10. The first-order chi connectivity index (χ1) is 15.9. The number of ether oxygens (including phenoxy) is 2. The zero-order valence-corrected chi connectivity index (χ0v) is 19.9. The SMILES string of the molecule is CCOC(=O)c1nnsc1N.CCOC(=O)c1nnsc1NC(=O)C(CC)c1ccccc1. The molecule has 3 rings (SSSR count). The highest BCUT2D eigenvalue weighted by molar-refractivity contribution is 7.10. The normalized spacial score (nSPS) is 11.0. The predicted octanol–water partition coefficient (Wildman–Crippen LogP) is 3.14. The second-order valence-electron chi connectivity index (χ2n) is 6.24. The molecule has 1 amide bonds. The molecule has 13 heteroatoms. The fraction of sp³-hybridized carbons (Fsp3) is 0.350. The van der Waals surface area contributed by atoms with E-state index in [1.54, 1.807) is 13.8 Å².